The zero-order valence-electron chi connectivity index (χ0n) is 16.9. The summed E-state index contributed by atoms with van der Waals surface area (Å²) in [5, 5.41) is 2.94. The SMILES string of the molecule is Cc1ccc(S(=O)(=O)Nc2ccc(C(=O)Nc3c(C)cccc3C)cc2C)cc1. The van der Waals surface area contributed by atoms with E-state index in [9.17, 15) is 13.2 Å². The second-order valence-electron chi connectivity index (χ2n) is 7.17. The number of amides is 1. The van der Waals surface area contributed by atoms with Gasteiger partial charge in [0.05, 0.1) is 10.6 Å². The van der Waals surface area contributed by atoms with Crippen LogP contribution in [-0.4, -0.2) is 14.3 Å². The average Bonchev–Trinajstić information content (AvgIpc) is 2.66. The lowest BCUT2D eigenvalue weighted by Gasteiger charge is -2.14. The van der Waals surface area contributed by atoms with Crippen LogP contribution in [0.4, 0.5) is 11.4 Å². The van der Waals surface area contributed by atoms with Gasteiger partial charge in [0.2, 0.25) is 0 Å². The van der Waals surface area contributed by atoms with E-state index in [0.717, 1.165) is 22.4 Å². The molecule has 0 atom stereocenters. The quantitative estimate of drug-likeness (QED) is 0.626. The van der Waals surface area contributed by atoms with Crippen LogP contribution >= 0.6 is 0 Å². The molecule has 3 rings (SSSR count). The van der Waals surface area contributed by atoms with Crippen LogP contribution in [-0.2, 0) is 10.0 Å². The number of benzene rings is 3. The third kappa shape index (κ3) is 4.66. The minimum Gasteiger partial charge on any atom is -0.322 e. The number of carbonyl (C=O) groups excluding carboxylic acids is 1. The van der Waals surface area contributed by atoms with Crippen molar-refractivity contribution in [3.63, 3.8) is 0 Å². The fourth-order valence-corrected chi connectivity index (χ4v) is 4.17. The van der Waals surface area contributed by atoms with Gasteiger partial charge in [0, 0.05) is 11.3 Å². The molecule has 0 fully saturated rings. The van der Waals surface area contributed by atoms with Gasteiger partial charge in [-0.05, 0) is 74.7 Å². The summed E-state index contributed by atoms with van der Waals surface area (Å²) >= 11 is 0. The number of hydrogen-bond acceptors (Lipinski definition) is 3. The van der Waals surface area contributed by atoms with E-state index in [1.807, 2.05) is 39.0 Å². The first-order chi connectivity index (χ1) is 13.7. The number of para-hydroxylation sites is 1. The Morgan fingerprint density at radius 1 is 0.793 bits per heavy atom. The number of aryl methyl sites for hydroxylation is 4. The Kier molecular flexibility index (Phi) is 5.75. The van der Waals surface area contributed by atoms with Gasteiger partial charge in [-0.3, -0.25) is 9.52 Å². The van der Waals surface area contributed by atoms with Gasteiger partial charge in [-0.15, -0.1) is 0 Å². The molecule has 0 aliphatic rings. The van der Waals surface area contributed by atoms with Gasteiger partial charge in [-0.25, -0.2) is 8.42 Å². The lowest BCUT2D eigenvalue weighted by atomic mass is 10.1. The standard InChI is InChI=1S/C23H24N2O3S/c1-15-8-11-20(12-9-15)29(27,28)25-21-13-10-19(14-18(21)4)23(26)24-22-16(2)6-5-7-17(22)3/h5-14,25H,1-4H3,(H,24,26). The van der Waals surface area contributed by atoms with Crippen LogP contribution < -0.4 is 10.0 Å². The summed E-state index contributed by atoms with van der Waals surface area (Å²) in [6, 6.07) is 17.4. The molecule has 0 aliphatic carbocycles. The largest absolute Gasteiger partial charge is 0.322 e. The summed E-state index contributed by atoms with van der Waals surface area (Å²) in [6.45, 7) is 7.55. The first-order valence-corrected chi connectivity index (χ1v) is 10.7. The number of hydrogen-bond donors (Lipinski definition) is 2. The van der Waals surface area contributed by atoms with E-state index in [2.05, 4.69) is 10.0 Å². The molecule has 0 aliphatic heterocycles. The second-order valence-corrected chi connectivity index (χ2v) is 8.85. The summed E-state index contributed by atoms with van der Waals surface area (Å²) in [5.74, 6) is -0.238. The molecular weight excluding hydrogens is 384 g/mol. The molecule has 3 aromatic rings. The second kappa shape index (κ2) is 8.09. The molecule has 3 aromatic carbocycles. The van der Waals surface area contributed by atoms with Gasteiger partial charge in [0.25, 0.3) is 15.9 Å². The van der Waals surface area contributed by atoms with Crippen LogP contribution in [0.25, 0.3) is 0 Å². The molecule has 0 spiro atoms. The van der Waals surface area contributed by atoms with Gasteiger partial charge in [0.1, 0.15) is 0 Å². The maximum absolute atomic E-state index is 12.7. The van der Waals surface area contributed by atoms with Gasteiger partial charge in [0.15, 0.2) is 0 Å². The Labute approximate surface area is 171 Å². The van der Waals surface area contributed by atoms with E-state index >= 15 is 0 Å². The van der Waals surface area contributed by atoms with Crippen LogP contribution in [0.1, 0.15) is 32.6 Å². The highest BCUT2D eigenvalue weighted by Gasteiger charge is 2.16. The first kappa shape index (κ1) is 20.6. The normalized spacial score (nSPS) is 11.2. The van der Waals surface area contributed by atoms with Gasteiger partial charge >= 0.3 is 0 Å². The Balaban J connectivity index is 1.81. The molecule has 0 bridgehead atoms. The summed E-state index contributed by atoms with van der Waals surface area (Å²) in [4.78, 5) is 12.9. The number of nitrogens with one attached hydrogen (secondary N) is 2. The minimum atomic E-state index is -3.70. The van der Waals surface area contributed by atoms with Crippen molar-refractivity contribution in [3.05, 3.63) is 88.5 Å². The van der Waals surface area contributed by atoms with E-state index in [4.69, 9.17) is 0 Å². The summed E-state index contributed by atoms with van der Waals surface area (Å²) < 4.78 is 27.8. The van der Waals surface area contributed by atoms with Crippen molar-refractivity contribution in [2.75, 3.05) is 10.0 Å². The predicted molar refractivity (Wildman–Crippen MR) is 117 cm³/mol. The zero-order valence-corrected chi connectivity index (χ0v) is 17.7. The maximum Gasteiger partial charge on any atom is 0.261 e. The van der Waals surface area contributed by atoms with E-state index < -0.39 is 10.0 Å². The molecule has 6 heteroatoms. The number of carbonyl (C=O) groups is 1. The molecular formula is C23H24N2O3S. The summed E-state index contributed by atoms with van der Waals surface area (Å²) in [5.41, 5.74) is 5.31. The fraction of sp³-hybridized carbons (Fsp3) is 0.174. The molecule has 150 valence electrons. The first-order valence-electron chi connectivity index (χ1n) is 9.25. The maximum atomic E-state index is 12.7. The third-order valence-electron chi connectivity index (χ3n) is 4.78. The monoisotopic (exact) mass is 408 g/mol. The molecule has 1 amide bonds. The lowest BCUT2D eigenvalue weighted by molar-refractivity contribution is 0.102. The number of rotatable bonds is 5. The molecule has 5 nitrogen and oxygen atoms in total. The molecule has 29 heavy (non-hydrogen) atoms. The van der Waals surface area contributed by atoms with Crippen molar-refractivity contribution in [1.82, 2.24) is 0 Å². The van der Waals surface area contributed by atoms with Crippen molar-refractivity contribution in [3.8, 4) is 0 Å². The molecule has 0 unspecified atom stereocenters. The Morgan fingerprint density at radius 2 is 1.41 bits per heavy atom. The van der Waals surface area contributed by atoms with Crippen molar-refractivity contribution in [2.24, 2.45) is 0 Å². The number of anilines is 2. The minimum absolute atomic E-state index is 0.194. The molecule has 0 saturated heterocycles. The van der Waals surface area contributed by atoms with Crippen LogP contribution in [0.5, 0.6) is 0 Å². The highest BCUT2D eigenvalue weighted by molar-refractivity contribution is 7.92. The number of sulfonamides is 1. The van der Waals surface area contributed by atoms with Crippen LogP contribution in [0.2, 0.25) is 0 Å². The molecule has 2 N–H and O–H groups in total. The molecule has 0 heterocycles. The predicted octanol–water partition coefficient (Wildman–Crippen LogP) is 4.97. The molecule has 0 aromatic heterocycles. The van der Waals surface area contributed by atoms with Crippen molar-refractivity contribution >= 4 is 27.3 Å². The van der Waals surface area contributed by atoms with Gasteiger partial charge in [-0.1, -0.05) is 35.9 Å². The topological polar surface area (TPSA) is 75.3 Å². The Morgan fingerprint density at radius 3 is 2.00 bits per heavy atom. The summed E-state index contributed by atoms with van der Waals surface area (Å²) in [6.07, 6.45) is 0. The van der Waals surface area contributed by atoms with E-state index in [1.165, 1.54) is 0 Å². The van der Waals surface area contributed by atoms with Crippen LogP contribution in [0.15, 0.2) is 65.6 Å². The Hall–Kier alpha value is -3.12. The third-order valence-corrected chi connectivity index (χ3v) is 6.17. The zero-order chi connectivity index (χ0) is 21.2. The van der Waals surface area contributed by atoms with E-state index in [0.29, 0.717) is 16.8 Å². The van der Waals surface area contributed by atoms with Crippen molar-refractivity contribution in [1.29, 1.82) is 0 Å². The van der Waals surface area contributed by atoms with Crippen LogP contribution in [0, 0.1) is 27.7 Å². The van der Waals surface area contributed by atoms with Gasteiger partial charge in [-0.2, -0.15) is 0 Å². The smallest absolute Gasteiger partial charge is 0.261 e. The highest BCUT2D eigenvalue weighted by atomic mass is 32.2. The average molecular weight is 409 g/mol. The van der Waals surface area contributed by atoms with E-state index in [-0.39, 0.29) is 10.8 Å². The van der Waals surface area contributed by atoms with Crippen molar-refractivity contribution < 1.29 is 13.2 Å². The van der Waals surface area contributed by atoms with Crippen LogP contribution in [0.3, 0.4) is 0 Å². The fourth-order valence-electron chi connectivity index (χ4n) is 3.04. The Bertz CT molecular complexity index is 1150. The molecule has 0 saturated carbocycles. The molecule has 0 radical (unpaired) electrons. The van der Waals surface area contributed by atoms with E-state index in [1.54, 1.807) is 49.4 Å². The van der Waals surface area contributed by atoms with Crippen molar-refractivity contribution in [2.45, 2.75) is 32.6 Å². The van der Waals surface area contributed by atoms with Gasteiger partial charge < -0.3 is 5.32 Å². The highest BCUT2D eigenvalue weighted by Crippen LogP contribution is 2.24. The lowest BCUT2D eigenvalue weighted by Crippen LogP contribution is -2.16. The summed E-state index contributed by atoms with van der Waals surface area (Å²) in [7, 11) is -3.70.